The van der Waals surface area contributed by atoms with Crippen LogP contribution >= 0.6 is 0 Å². The topological polar surface area (TPSA) is 33.5 Å². The Labute approximate surface area is 397 Å². The lowest BCUT2D eigenvalue weighted by atomic mass is 9.81. The maximum atomic E-state index is 9.34. The summed E-state index contributed by atoms with van der Waals surface area (Å²) in [4.78, 5) is 9.11. The van der Waals surface area contributed by atoms with Crippen LogP contribution in [-0.4, -0.2) is 16.2 Å². The summed E-state index contributed by atoms with van der Waals surface area (Å²) in [5.74, 6) is 1.53. The van der Waals surface area contributed by atoms with Crippen molar-refractivity contribution >= 4 is 44.6 Å². The van der Waals surface area contributed by atoms with Gasteiger partial charge < -0.3 is 14.5 Å². The van der Waals surface area contributed by atoms with Crippen LogP contribution in [0.25, 0.3) is 49.9 Å². The Morgan fingerprint density at radius 1 is 0.508 bits per heavy atom. The van der Waals surface area contributed by atoms with E-state index < -0.39 is 18.1 Å². The Bertz CT molecular complexity index is 3740. The van der Waals surface area contributed by atoms with E-state index in [1.165, 1.54) is 0 Å². The molecule has 5 heteroatoms. The van der Waals surface area contributed by atoms with Crippen LogP contribution in [0.15, 0.2) is 176 Å². The summed E-state index contributed by atoms with van der Waals surface area (Å²) in [5.41, 5.74) is 8.98. The minimum absolute atomic E-state index is 0.128. The minimum atomic E-state index is -0.449. The Morgan fingerprint density at radius 3 is 1.89 bits per heavy atom. The Hall–Kier alpha value is -7.11. The summed E-state index contributed by atoms with van der Waals surface area (Å²) in [6, 6.07) is 35.2. The van der Waals surface area contributed by atoms with E-state index in [1.54, 1.807) is 10.8 Å². The lowest BCUT2D eigenvalue weighted by molar-refractivity contribution is 0.483. The second kappa shape index (κ2) is 15.8. The highest BCUT2D eigenvalue weighted by molar-refractivity contribution is 6.09. The van der Waals surface area contributed by atoms with E-state index in [9.17, 15) is 2.74 Å². The van der Waals surface area contributed by atoms with Gasteiger partial charge in [-0.2, -0.15) is 0 Å². The van der Waals surface area contributed by atoms with Crippen molar-refractivity contribution in [3.63, 3.8) is 0 Å². The number of ether oxygens (including phenoxy) is 1. The smallest absolute Gasteiger partial charge is 0.137 e. The predicted octanol–water partition coefficient (Wildman–Crippen LogP) is 16.4. The normalized spacial score (nSPS) is 15.1. The van der Waals surface area contributed by atoms with Crippen LogP contribution in [0.3, 0.4) is 0 Å². The third-order valence-corrected chi connectivity index (χ3v) is 12.4. The average molecular weight is 860 g/mol. The molecule has 0 spiro atoms. The lowest BCUT2D eigenvalue weighted by Crippen LogP contribution is -2.25. The highest BCUT2D eigenvalue weighted by atomic mass is 16.5. The standard InChI is InChI=1S/C60H58N4O/c1-58(2,3)42-22-17-21-41(33-42)51-35-44(60(7,8)9)34-50(40-19-11-10-12-20-40)57(51)63-39-62(53-27-15-16-28-54(53)63)45-23-18-24-46(37-45)65-47-29-30-49-48-25-13-14-26-52(48)64(55(49)38-47)56-36-43(31-32-61-56)59(4,5)6/h10-38H,39H2,1-9H3/i10D,11D,12D,13D,14D,19D,20D,25D,26D. The molecule has 5 nitrogen and oxygen atoms in total. The van der Waals surface area contributed by atoms with Gasteiger partial charge in [0.15, 0.2) is 0 Å². The zero-order chi connectivity index (χ0) is 53.1. The van der Waals surface area contributed by atoms with Gasteiger partial charge in [-0.3, -0.25) is 4.57 Å². The van der Waals surface area contributed by atoms with E-state index in [1.807, 2.05) is 78.9 Å². The molecular formula is C60H58N4O. The SMILES string of the molecule is [2H]c1c([2H])c([2H])c(-c2cc(C(C)(C)C)cc(-c3cccc(C(C)(C)C)c3)c2N2CN(c3cccc(Oc4ccc5c6c([2H])c([2H])c([2H])c([2H])c6n(-c6cc(C(C)(C)C)ccn6)c5c4)c3)c3ccccc32)c([2H])c1[2H]. The number of benzene rings is 7. The number of rotatable bonds is 7. The monoisotopic (exact) mass is 860 g/mol. The summed E-state index contributed by atoms with van der Waals surface area (Å²) in [5, 5.41) is 1.03. The Morgan fingerprint density at radius 2 is 1.15 bits per heavy atom. The predicted molar refractivity (Wildman–Crippen MR) is 274 cm³/mol. The van der Waals surface area contributed by atoms with Crippen LogP contribution in [0, 0.1) is 0 Å². The average Bonchev–Trinajstić information content (AvgIpc) is 3.94. The Balaban J connectivity index is 1.12. The van der Waals surface area contributed by atoms with Gasteiger partial charge in [-0.25, -0.2) is 4.98 Å². The number of para-hydroxylation sites is 3. The van der Waals surface area contributed by atoms with Crippen LogP contribution < -0.4 is 14.5 Å². The van der Waals surface area contributed by atoms with E-state index >= 15 is 0 Å². The van der Waals surface area contributed by atoms with Crippen molar-refractivity contribution in [1.29, 1.82) is 0 Å². The lowest BCUT2D eigenvalue weighted by Gasteiger charge is -2.30. The molecule has 0 aliphatic carbocycles. The second-order valence-electron chi connectivity index (χ2n) is 20.0. The van der Waals surface area contributed by atoms with Crippen LogP contribution in [-0.2, 0) is 16.2 Å². The third-order valence-electron chi connectivity index (χ3n) is 12.4. The molecule has 65 heavy (non-hydrogen) atoms. The van der Waals surface area contributed by atoms with Crippen molar-refractivity contribution in [2.75, 3.05) is 16.5 Å². The van der Waals surface area contributed by atoms with Crippen molar-refractivity contribution in [1.82, 2.24) is 9.55 Å². The van der Waals surface area contributed by atoms with Crippen molar-refractivity contribution in [3.8, 4) is 39.6 Å². The van der Waals surface area contributed by atoms with E-state index in [0.717, 1.165) is 44.9 Å². The van der Waals surface area contributed by atoms with E-state index in [4.69, 9.17) is 19.3 Å². The molecule has 0 fully saturated rings. The van der Waals surface area contributed by atoms with Crippen molar-refractivity contribution in [2.24, 2.45) is 0 Å². The van der Waals surface area contributed by atoms with E-state index in [-0.39, 0.29) is 58.1 Å². The van der Waals surface area contributed by atoms with Crippen molar-refractivity contribution in [2.45, 2.75) is 78.6 Å². The molecule has 0 saturated heterocycles. The number of nitrogens with zero attached hydrogens (tertiary/aromatic N) is 4. The maximum absolute atomic E-state index is 9.34. The molecule has 3 heterocycles. The molecule has 0 amide bonds. The number of anilines is 4. The first-order valence-electron chi connectivity index (χ1n) is 26.6. The molecular weight excluding hydrogens is 793 g/mol. The summed E-state index contributed by atoms with van der Waals surface area (Å²) in [6.07, 6.45) is 1.73. The molecule has 0 N–H and O–H groups in total. The van der Waals surface area contributed by atoms with Gasteiger partial charge in [0.1, 0.15) is 24.0 Å². The first-order valence-corrected chi connectivity index (χ1v) is 22.1. The van der Waals surface area contributed by atoms with Gasteiger partial charge in [0, 0.05) is 45.9 Å². The van der Waals surface area contributed by atoms with E-state index in [0.29, 0.717) is 57.0 Å². The summed E-state index contributed by atoms with van der Waals surface area (Å²) >= 11 is 0. The molecule has 0 radical (unpaired) electrons. The van der Waals surface area contributed by atoms with Gasteiger partial charge in [0.05, 0.1) is 40.4 Å². The summed E-state index contributed by atoms with van der Waals surface area (Å²) < 4.78 is 88.7. The molecule has 7 aromatic carbocycles. The highest BCUT2D eigenvalue weighted by Crippen LogP contribution is 2.52. The van der Waals surface area contributed by atoms with E-state index in [2.05, 4.69) is 109 Å². The molecule has 0 unspecified atom stereocenters. The van der Waals surface area contributed by atoms with Gasteiger partial charge in [-0.15, -0.1) is 0 Å². The number of hydrogen-bond acceptors (Lipinski definition) is 4. The number of pyridine rings is 1. The molecule has 324 valence electrons. The molecule has 1 aliphatic rings. The molecule has 0 atom stereocenters. The number of aromatic nitrogens is 2. The Kier molecular flexibility index (Phi) is 7.93. The van der Waals surface area contributed by atoms with Crippen molar-refractivity contribution in [3.05, 3.63) is 193 Å². The number of hydrogen-bond donors (Lipinski definition) is 0. The van der Waals surface area contributed by atoms with Crippen LogP contribution in [0.2, 0.25) is 0 Å². The molecule has 1 aliphatic heterocycles. The molecule has 2 aromatic heterocycles. The van der Waals surface area contributed by atoms with Gasteiger partial charge in [0.2, 0.25) is 0 Å². The third kappa shape index (κ3) is 7.84. The summed E-state index contributed by atoms with van der Waals surface area (Å²) in [7, 11) is 0. The fraction of sp³-hybridized carbons (Fsp3) is 0.217. The summed E-state index contributed by atoms with van der Waals surface area (Å²) in [6.45, 7) is 19.5. The zero-order valence-corrected chi connectivity index (χ0v) is 38.5. The van der Waals surface area contributed by atoms with Gasteiger partial charge in [-0.05, 0) is 111 Å². The molecule has 0 saturated carbocycles. The second-order valence-corrected chi connectivity index (χ2v) is 20.0. The zero-order valence-electron chi connectivity index (χ0n) is 47.5. The van der Waals surface area contributed by atoms with Crippen LogP contribution in [0.5, 0.6) is 11.5 Å². The van der Waals surface area contributed by atoms with Gasteiger partial charge in [0.25, 0.3) is 0 Å². The highest BCUT2D eigenvalue weighted by Gasteiger charge is 2.33. The van der Waals surface area contributed by atoms with Crippen LogP contribution in [0.1, 0.15) is 91.3 Å². The maximum Gasteiger partial charge on any atom is 0.137 e. The molecule has 10 rings (SSSR count). The van der Waals surface area contributed by atoms with Crippen molar-refractivity contribution < 1.29 is 17.1 Å². The molecule has 9 aromatic rings. The quantitative estimate of drug-likeness (QED) is 0.160. The van der Waals surface area contributed by atoms with Crippen LogP contribution in [0.4, 0.5) is 22.7 Å². The number of fused-ring (bicyclic) bond motifs is 4. The molecule has 0 bridgehead atoms. The van der Waals surface area contributed by atoms with Gasteiger partial charge >= 0.3 is 0 Å². The largest absolute Gasteiger partial charge is 0.457 e. The van der Waals surface area contributed by atoms with Gasteiger partial charge in [-0.1, -0.05) is 153 Å². The fourth-order valence-corrected chi connectivity index (χ4v) is 8.79. The fourth-order valence-electron chi connectivity index (χ4n) is 8.79. The first-order chi connectivity index (χ1) is 34.8. The first kappa shape index (κ1) is 32.5. The minimum Gasteiger partial charge on any atom is -0.457 e.